The van der Waals surface area contributed by atoms with Gasteiger partial charge in [0.25, 0.3) is 0 Å². The summed E-state index contributed by atoms with van der Waals surface area (Å²) in [7, 11) is 0. The molecule has 4 saturated carbocycles. The van der Waals surface area contributed by atoms with Gasteiger partial charge in [0.1, 0.15) is 0 Å². The zero-order chi connectivity index (χ0) is 11.3. The molecule has 0 N–H and O–H groups in total. The Morgan fingerprint density at radius 1 is 0.667 bits per heavy atom. The van der Waals surface area contributed by atoms with Gasteiger partial charge in [-0.1, -0.05) is 41.5 Å². The summed E-state index contributed by atoms with van der Waals surface area (Å²) in [4.78, 5) is 0. The molecule has 0 aliphatic heterocycles. The Morgan fingerprint density at radius 3 is 1.67 bits per heavy atom. The SMILES string of the molecule is CC1(C)CCC2(C)C3(C)CC(C)(C3)C12C. The van der Waals surface area contributed by atoms with E-state index >= 15 is 0 Å². The van der Waals surface area contributed by atoms with E-state index in [4.69, 9.17) is 0 Å². The molecule has 0 heterocycles. The van der Waals surface area contributed by atoms with E-state index < -0.39 is 0 Å². The first-order chi connectivity index (χ1) is 6.62. The molecule has 0 nitrogen and oxygen atoms in total. The second kappa shape index (κ2) is 2.05. The maximum Gasteiger partial charge on any atom is -0.0161 e. The van der Waals surface area contributed by atoms with E-state index in [1.165, 1.54) is 25.7 Å². The van der Waals surface area contributed by atoms with E-state index in [0.29, 0.717) is 27.1 Å². The summed E-state index contributed by atoms with van der Waals surface area (Å²) in [5.74, 6) is 0. The van der Waals surface area contributed by atoms with Crippen molar-refractivity contribution in [2.24, 2.45) is 27.1 Å². The molecule has 4 fully saturated rings. The lowest BCUT2D eigenvalue weighted by molar-refractivity contribution is -0.0374. The summed E-state index contributed by atoms with van der Waals surface area (Å²) < 4.78 is 0. The molecule has 86 valence electrons. The van der Waals surface area contributed by atoms with Crippen LogP contribution >= 0.6 is 0 Å². The van der Waals surface area contributed by atoms with Crippen LogP contribution in [0.5, 0.6) is 0 Å². The highest BCUT2D eigenvalue weighted by Crippen LogP contribution is 2.90. The van der Waals surface area contributed by atoms with Crippen molar-refractivity contribution in [1.82, 2.24) is 0 Å². The fraction of sp³-hybridized carbons (Fsp3) is 1.00. The summed E-state index contributed by atoms with van der Waals surface area (Å²) in [5, 5.41) is 0. The summed E-state index contributed by atoms with van der Waals surface area (Å²) in [6.45, 7) is 15.4. The predicted molar refractivity (Wildman–Crippen MR) is 64.7 cm³/mol. The van der Waals surface area contributed by atoms with Gasteiger partial charge < -0.3 is 0 Å². The fourth-order valence-corrected chi connectivity index (χ4v) is 6.61. The molecule has 4 aliphatic carbocycles. The van der Waals surface area contributed by atoms with Crippen LogP contribution in [0.2, 0.25) is 0 Å². The molecular weight excluding hydrogens is 180 g/mol. The minimum absolute atomic E-state index is 0.546. The van der Waals surface area contributed by atoms with Crippen LogP contribution in [0.4, 0.5) is 0 Å². The van der Waals surface area contributed by atoms with Crippen LogP contribution in [0, 0.1) is 27.1 Å². The van der Waals surface area contributed by atoms with Crippen molar-refractivity contribution in [1.29, 1.82) is 0 Å². The first-order valence-corrected chi connectivity index (χ1v) is 6.62. The monoisotopic (exact) mass is 206 g/mol. The molecule has 15 heavy (non-hydrogen) atoms. The Morgan fingerprint density at radius 2 is 1.20 bits per heavy atom. The average Bonchev–Trinajstić information content (AvgIpc) is 2.38. The Bertz CT molecular complexity index is 332. The summed E-state index contributed by atoms with van der Waals surface area (Å²) >= 11 is 0. The van der Waals surface area contributed by atoms with Crippen molar-refractivity contribution < 1.29 is 0 Å². The van der Waals surface area contributed by atoms with Crippen LogP contribution in [-0.2, 0) is 0 Å². The third kappa shape index (κ3) is 0.666. The van der Waals surface area contributed by atoms with Crippen molar-refractivity contribution in [3.63, 3.8) is 0 Å². The Hall–Kier alpha value is 0. The highest BCUT2D eigenvalue weighted by molar-refractivity contribution is 5.31. The lowest BCUT2D eigenvalue weighted by Crippen LogP contribution is -2.45. The molecular formula is C15H26. The number of rotatable bonds is 0. The van der Waals surface area contributed by atoms with Gasteiger partial charge in [-0.2, -0.15) is 0 Å². The largest absolute Gasteiger partial charge is 0.0593 e. The van der Waals surface area contributed by atoms with Crippen LogP contribution < -0.4 is 0 Å². The van der Waals surface area contributed by atoms with E-state index in [2.05, 4.69) is 41.5 Å². The fourth-order valence-electron chi connectivity index (χ4n) is 6.61. The Kier molecular flexibility index (Phi) is 1.39. The van der Waals surface area contributed by atoms with Gasteiger partial charge in [0, 0.05) is 0 Å². The number of hydrogen-bond donors (Lipinski definition) is 0. The maximum absolute atomic E-state index is 2.61. The molecule has 2 atom stereocenters. The van der Waals surface area contributed by atoms with Crippen LogP contribution in [0.25, 0.3) is 0 Å². The topological polar surface area (TPSA) is 0 Å². The third-order valence-corrected chi connectivity index (χ3v) is 7.81. The van der Waals surface area contributed by atoms with Crippen molar-refractivity contribution in [2.75, 3.05) is 0 Å². The Labute approximate surface area is 94.8 Å². The third-order valence-electron chi connectivity index (χ3n) is 7.81. The van der Waals surface area contributed by atoms with Crippen LogP contribution in [0.3, 0.4) is 0 Å². The zero-order valence-electron chi connectivity index (χ0n) is 11.3. The van der Waals surface area contributed by atoms with Gasteiger partial charge in [0.15, 0.2) is 0 Å². The van der Waals surface area contributed by atoms with Gasteiger partial charge in [-0.15, -0.1) is 0 Å². The molecule has 0 aromatic heterocycles. The average molecular weight is 206 g/mol. The van der Waals surface area contributed by atoms with Crippen molar-refractivity contribution in [3.05, 3.63) is 0 Å². The summed E-state index contributed by atoms with van der Waals surface area (Å²) in [6.07, 6.45) is 5.86. The van der Waals surface area contributed by atoms with Crippen molar-refractivity contribution in [2.45, 2.75) is 67.2 Å². The van der Waals surface area contributed by atoms with Gasteiger partial charge in [-0.05, 0) is 52.8 Å². The van der Waals surface area contributed by atoms with Gasteiger partial charge in [-0.3, -0.25) is 0 Å². The van der Waals surface area contributed by atoms with E-state index in [1.54, 1.807) is 0 Å². The van der Waals surface area contributed by atoms with Crippen LogP contribution in [0.1, 0.15) is 67.2 Å². The molecule has 0 heteroatoms. The van der Waals surface area contributed by atoms with Gasteiger partial charge >= 0.3 is 0 Å². The highest BCUT2D eigenvalue weighted by Gasteiger charge is 2.82. The van der Waals surface area contributed by atoms with E-state index in [1.807, 2.05) is 0 Å². The molecule has 2 unspecified atom stereocenters. The lowest BCUT2D eigenvalue weighted by Gasteiger charge is -2.52. The maximum atomic E-state index is 2.61. The standard InChI is InChI=1S/C15H26/c1-11(2)7-8-14(5)12(3)9-13(4,10-12)15(11,14)6/h7-10H2,1-6H3. The lowest BCUT2D eigenvalue weighted by atomic mass is 9.52. The van der Waals surface area contributed by atoms with E-state index in [-0.39, 0.29) is 0 Å². The molecule has 0 spiro atoms. The smallest absolute Gasteiger partial charge is 0.0161 e. The molecule has 4 aliphatic rings. The summed E-state index contributed by atoms with van der Waals surface area (Å²) in [6, 6.07) is 0. The van der Waals surface area contributed by atoms with Crippen molar-refractivity contribution >= 4 is 0 Å². The van der Waals surface area contributed by atoms with E-state index in [9.17, 15) is 0 Å². The van der Waals surface area contributed by atoms with E-state index in [0.717, 1.165) is 0 Å². The first kappa shape index (κ1) is 10.2. The minimum atomic E-state index is 0.546. The zero-order valence-corrected chi connectivity index (χ0v) is 11.3. The molecule has 0 saturated heterocycles. The van der Waals surface area contributed by atoms with Crippen LogP contribution in [0.15, 0.2) is 0 Å². The van der Waals surface area contributed by atoms with Gasteiger partial charge in [-0.25, -0.2) is 0 Å². The second-order valence-electron chi connectivity index (χ2n) is 8.32. The Balaban J connectivity index is 2.23. The second-order valence-corrected chi connectivity index (χ2v) is 8.32. The molecule has 4 rings (SSSR count). The van der Waals surface area contributed by atoms with Gasteiger partial charge in [0.2, 0.25) is 0 Å². The normalized spacial score (nSPS) is 65.2. The molecule has 0 aromatic rings. The quantitative estimate of drug-likeness (QED) is 0.541. The summed E-state index contributed by atoms with van der Waals surface area (Å²) in [5.41, 5.74) is 3.02. The molecule has 0 amide bonds. The predicted octanol–water partition coefficient (Wildman–Crippen LogP) is 4.64. The minimum Gasteiger partial charge on any atom is -0.0593 e. The molecule has 0 radical (unpaired) electrons. The van der Waals surface area contributed by atoms with Gasteiger partial charge in [0.05, 0.1) is 0 Å². The molecule has 0 aromatic carbocycles. The van der Waals surface area contributed by atoms with Crippen molar-refractivity contribution in [3.8, 4) is 0 Å². The first-order valence-electron chi connectivity index (χ1n) is 6.62. The van der Waals surface area contributed by atoms with Crippen LogP contribution in [-0.4, -0.2) is 0 Å². The highest BCUT2D eigenvalue weighted by atomic mass is 14.9. The number of hydrogen-bond acceptors (Lipinski definition) is 0. The molecule has 2 bridgehead atoms.